The van der Waals surface area contributed by atoms with E-state index in [1.807, 2.05) is 6.07 Å². The van der Waals surface area contributed by atoms with Crippen LogP contribution in [0.5, 0.6) is 5.75 Å². The molecule has 0 amide bonds. The van der Waals surface area contributed by atoms with Gasteiger partial charge in [0.05, 0.1) is 13.2 Å². The molecule has 1 aromatic rings. The van der Waals surface area contributed by atoms with Crippen LogP contribution in [0.15, 0.2) is 18.2 Å². The normalized spacial score (nSPS) is 14.1. The Morgan fingerprint density at radius 2 is 2.42 bits per heavy atom. The summed E-state index contributed by atoms with van der Waals surface area (Å²) >= 11 is 0. The van der Waals surface area contributed by atoms with Gasteiger partial charge in [0.15, 0.2) is 0 Å². The van der Waals surface area contributed by atoms with Gasteiger partial charge in [-0.15, -0.1) is 0 Å². The molecule has 0 unspecified atom stereocenters. The summed E-state index contributed by atoms with van der Waals surface area (Å²) in [5.74, 6) is 1.04. The number of hydrogen-bond donors (Lipinski definition) is 0. The molecule has 0 radical (unpaired) electrons. The van der Waals surface area contributed by atoms with E-state index in [9.17, 15) is 0 Å². The van der Waals surface area contributed by atoms with E-state index < -0.39 is 0 Å². The molecule has 1 aliphatic heterocycles. The first kappa shape index (κ1) is 7.62. The summed E-state index contributed by atoms with van der Waals surface area (Å²) < 4.78 is 10.6. The van der Waals surface area contributed by atoms with Crippen LogP contribution in [0.3, 0.4) is 0 Å². The second-order valence-electron chi connectivity index (χ2n) is 2.94. The zero-order chi connectivity index (χ0) is 8.39. The highest BCUT2D eigenvalue weighted by Gasteiger charge is 2.14. The van der Waals surface area contributed by atoms with Crippen molar-refractivity contribution >= 4 is 0 Å². The SMILES string of the molecule is COCc1cccc2c1OCC2. The minimum absolute atomic E-state index is 0.642. The van der Waals surface area contributed by atoms with Gasteiger partial charge >= 0.3 is 0 Å². The Hall–Kier alpha value is -1.02. The molecule has 2 rings (SSSR count). The number of fused-ring (bicyclic) bond motifs is 1. The number of hydrogen-bond acceptors (Lipinski definition) is 2. The largest absolute Gasteiger partial charge is 0.493 e. The summed E-state index contributed by atoms with van der Waals surface area (Å²) in [5, 5.41) is 0. The predicted octanol–water partition coefficient (Wildman–Crippen LogP) is 1.77. The van der Waals surface area contributed by atoms with E-state index in [0.29, 0.717) is 6.61 Å². The standard InChI is InChI=1S/C10H12O2/c1-11-7-9-4-2-3-8-5-6-12-10(8)9/h2-4H,5-7H2,1H3. The van der Waals surface area contributed by atoms with Crippen molar-refractivity contribution in [2.75, 3.05) is 13.7 Å². The first-order chi connectivity index (χ1) is 5.92. The van der Waals surface area contributed by atoms with Gasteiger partial charge in [-0.2, -0.15) is 0 Å². The van der Waals surface area contributed by atoms with Gasteiger partial charge in [0, 0.05) is 19.1 Å². The van der Waals surface area contributed by atoms with Gasteiger partial charge in [0.1, 0.15) is 5.75 Å². The van der Waals surface area contributed by atoms with Crippen LogP contribution >= 0.6 is 0 Å². The van der Waals surface area contributed by atoms with Crippen LogP contribution in [0.2, 0.25) is 0 Å². The lowest BCUT2D eigenvalue weighted by molar-refractivity contribution is 0.181. The van der Waals surface area contributed by atoms with E-state index in [4.69, 9.17) is 9.47 Å². The van der Waals surface area contributed by atoms with Crippen molar-refractivity contribution < 1.29 is 9.47 Å². The number of methoxy groups -OCH3 is 1. The van der Waals surface area contributed by atoms with E-state index in [1.54, 1.807) is 7.11 Å². The Morgan fingerprint density at radius 1 is 1.50 bits per heavy atom. The van der Waals surface area contributed by atoms with Gasteiger partial charge < -0.3 is 9.47 Å². The minimum Gasteiger partial charge on any atom is -0.493 e. The van der Waals surface area contributed by atoms with Crippen LogP contribution in [0.1, 0.15) is 11.1 Å². The zero-order valence-corrected chi connectivity index (χ0v) is 7.17. The Balaban J connectivity index is 2.36. The fourth-order valence-corrected chi connectivity index (χ4v) is 1.55. The molecule has 0 aromatic heterocycles. The molecule has 0 bridgehead atoms. The second-order valence-corrected chi connectivity index (χ2v) is 2.94. The third kappa shape index (κ3) is 1.18. The molecule has 12 heavy (non-hydrogen) atoms. The summed E-state index contributed by atoms with van der Waals surface area (Å²) in [7, 11) is 1.70. The molecule has 0 saturated heterocycles. The van der Waals surface area contributed by atoms with Gasteiger partial charge in [0.25, 0.3) is 0 Å². The maximum Gasteiger partial charge on any atom is 0.128 e. The lowest BCUT2D eigenvalue weighted by Gasteiger charge is -2.05. The summed E-state index contributed by atoms with van der Waals surface area (Å²) in [6.45, 7) is 1.46. The minimum atomic E-state index is 0.642. The molecule has 2 nitrogen and oxygen atoms in total. The quantitative estimate of drug-likeness (QED) is 0.663. The van der Waals surface area contributed by atoms with Gasteiger partial charge in [-0.05, 0) is 5.56 Å². The van der Waals surface area contributed by atoms with Gasteiger partial charge in [-0.3, -0.25) is 0 Å². The van der Waals surface area contributed by atoms with Crippen LogP contribution in [-0.2, 0) is 17.8 Å². The maximum absolute atomic E-state index is 5.50. The predicted molar refractivity (Wildman–Crippen MR) is 46.4 cm³/mol. The highest BCUT2D eigenvalue weighted by molar-refractivity contribution is 5.43. The molecule has 1 aliphatic rings. The summed E-state index contributed by atoms with van der Waals surface area (Å²) in [4.78, 5) is 0. The molecule has 0 N–H and O–H groups in total. The average Bonchev–Trinajstić information content (AvgIpc) is 2.53. The fourth-order valence-electron chi connectivity index (χ4n) is 1.55. The van der Waals surface area contributed by atoms with Crippen molar-refractivity contribution in [2.45, 2.75) is 13.0 Å². The van der Waals surface area contributed by atoms with Crippen molar-refractivity contribution in [3.05, 3.63) is 29.3 Å². The molecule has 0 saturated carbocycles. The van der Waals surface area contributed by atoms with Crippen molar-refractivity contribution in [3.63, 3.8) is 0 Å². The van der Waals surface area contributed by atoms with E-state index >= 15 is 0 Å². The molecule has 64 valence electrons. The van der Waals surface area contributed by atoms with E-state index in [-0.39, 0.29) is 0 Å². The summed E-state index contributed by atoms with van der Waals surface area (Å²) in [6, 6.07) is 6.22. The van der Waals surface area contributed by atoms with E-state index in [2.05, 4.69) is 12.1 Å². The topological polar surface area (TPSA) is 18.5 Å². The lowest BCUT2D eigenvalue weighted by Crippen LogP contribution is -1.92. The molecule has 0 atom stereocenters. The second kappa shape index (κ2) is 3.15. The molecule has 2 heteroatoms. The molecule has 0 fully saturated rings. The van der Waals surface area contributed by atoms with Crippen LogP contribution < -0.4 is 4.74 Å². The monoisotopic (exact) mass is 164 g/mol. The summed E-state index contributed by atoms with van der Waals surface area (Å²) in [5.41, 5.74) is 2.47. The van der Waals surface area contributed by atoms with Crippen molar-refractivity contribution in [3.8, 4) is 5.75 Å². The third-order valence-corrected chi connectivity index (χ3v) is 2.10. The number of para-hydroxylation sites is 1. The van der Waals surface area contributed by atoms with Crippen molar-refractivity contribution in [1.82, 2.24) is 0 Å². The molecule has 1 aromatic carbocycles. The van der Waals surface area contributed by atoms with Crippen LogP contribution in [0, 0.1) is 0 Å². The van der Waals surface area contributed by atoms with Crippen molar-refractivity contribution in [2.24, 2.45) is 0 Å². The number of benzene rings is 1. The summed E-state index contributed by atoms with van der Waals surface area (Å²) in [6.07, 6.45) is 1.03. The van der Waals surface area contributed by atoms with Crippen molar-refractivity contribution in [1.29, 1.82) is 0 Å². The van der Waals surface area contributed by atoms with Crippen LogP contribution in [-0.4, -0.2) is 13.7 Å². The highest BCUT2D eigenvalue weighted by atomic mass is 16.5. The smallest absolute Gasteiger partial charge is 0.128 e. The molecular weight excluding hydrogens is 152 g/mol. The number of rotatable bonds is 2. The first-order valence-corrected chi connectivity index (χ1v) is 4.14. The lowest BCUT2D eigenvalue weighted by atomic mass is 10.1. The maximum atomic E-state index is 5.50. The molecule has 0 spiro atoms. The first-order valence-electron chi connectivity index (χ1n) is 4.14. The fraction of sp³-hybridized carbons (Fsp3) is 0.400. The van der Waals surface area contributed by atoms with Gasteiger partial charge in [-0.25, -0.2) is 0 Å². The van der Waals surface area contributed by atoms with Gasteiger partial charge in [-0.1, -0.05) is 18.2 Å². The Labute approximate surface area is 72.1 Å². The highest BCUT2D eigenvalue weighted by Crippen LogP contribution is 2.29. The molecule has 0 aliphatic carbocycles. The van der Waals surface area contributed by atoms with Crippen LogP contribution in [0.4, 0.5) is 0 Å². The van der Waals surface area contributed by atoms with E-state index in [1.165, 1.54) is 5.56 Å². The zero-order valence-electron chi connectivity index (χ0n) is 7.17. The Morgan fingerprint density at radius 3 is 3.25 bits per heavy atom. The molecular formula is C10H12O2. The Kier molecular flexibility index (Phi) is 2.00. The van der Waals surface area contributed by atoms with Crippen LogP contribution in [0.25, 0.3) is 0 Å². The van der Waals surface area contributed by atoms with Gasteiger partial charge in [0.2, 0.25) is 0 Å². The van der Waals surface area contributed by atoms with E-state index in [0.717, 1.165) is 24.3 Å². The Bertz CT molecular complexity index is 281. The average molecular weight is 164 g/mol. The number of ether oxygens (including phenoxy) is 2. The third-order valence-electron chi connectivity index (χ3n) is 2.10. The molecule has 1 heterocycles.